The lowest BCUT2D eigenvalue weighted by atomic mass is 10.1. The fraction of sp³-hybridized carbons (Fsp3) is 0.389. The van der Waals surface area contributed by atoms with E-state index in [1.165, 1.54) is 11.3 Å². The van der Waals surface area contributed by atoms with Gasteiger partial charge in [0.1, 0.15) is 0 Å². The van der Waals surface area contributed by atoms with E-state index in [9.17, 15) is 9.59 Å². The maximum Gasteiger partial charge on any atom is 0.230 e. The van der Waals surface area contributed by atoms with Crippen molar-refractivity contribution < 1.29 is 9.59 Å². The molecule has 1 aromatic heterocycles. The van der Waals surface area contributed by atoms with Crippen molar-refractivity contribution in [1.29, 1.82) is 0 Å². The van der Waals surface area contributed by atoms with Crippen molar-refractivity contribution in [3.63, 3.8) is 0 Å². The van der Waals surface area contributed by atoms with E-state index in [1.807, 2.05) is 45.0 Å². The largest absolute Gasteiger partial charge is 0.325 e. The molecule has 0 aliphatic rings. The third kappa shape index (κ3) is 8.26. The summed E-state index contributed by atoms with van der Waals surface area (Å²) in [5.41, 5.74) is 2.49. The molecule has 150 valence electrons. The smallest absolute Gasteiger partial charge is 0.230 e. The lowest BCUT2D eigenvalue weighted by Gasteiger charge is -2.11. The Hall–Kier alpha value is -1.67. The highest BCUT2D eigenvalue weighted by Gasteiger charge is 2.13. The van der Waals surface area contributed by atoms with Gasteiger partial charge >= 0.3 is 0 Å². The first-order valence-electron chi connectivity index (χ1n) is 8.33. The minimum atomic E-state index is -0.129. The fourth-order valence-corrected chi connectivity index (χ4v) is 2.82. The molecule has 0 aliphatic heterocycles. The first-order chi connectivity index (χ1) is 12.0. The van der Waals surface area contributed by atoms with Gasteiger partial charge in [0.2, 0.25) is 11.8 Å². The number of para-hydroxylation sites is 1. The molecule has 2 rings (SSSR count). The zero-order valence-electron chi connectivity index (χ0n) is 15.6. The minimum absolute atomic E-state index is 0. The number of hydrogen-bond acceptors (Lipinski definition) is 5. The molecule has 0 unspecified atom stereocenters. The van der Waals surface area contributed by atoms with Gasteiger partial charge in [-0.25, -0.2) is 4.98 Å². The first-order valence-corrected chi connectivity index (χ1v) is 9.21. The number of anilines is 2. The average molecular weight is 433 g/mol. The number of carbonyl (C=O) groups excluding carboxylic acids is 2. The molecule has 0 saturated carbocycles. The predicted molar refractivity (Wildman–Crippen MR) is 116 cm³/mol. The van der Waals surface area contributed by atoms with Crippen molar-refractivity contribution in [1.82, 2.24) is 10.3 Å². The Labute approximate surface area is 176 Å². The number of amides is 2. The first kappa shape index (κ1) is 25.3. The molecule has 0 saturated heterocycles. The van der Waals surface area contributed by atoms with Gasteiger partial charge < -0.3 is 16.0 Å². The van der Waals surface area contributed by atoms with Gasteiger partial charge in [0, 0.05) is 23.5 Å². The third-order valence-corrected chi connectivity index (χ3v) is 4.31. The van der Waals surface area contributed by atoms with Crippen molar-refractivity contribution in [2.24, 2.45) is 5.92 Å². The molecule has 0 radical (unpaired) electrons. The van der Waals surface area contributed by atoms with E-state index in [0.29, 0.717) is 17.4 Å². The van der Waals surface area contributed by atoms with E-state index < -0.39 is 0 Å². The Balaban J connectivity index is 0.00000338. The van der Waals surface area contributed by atoms with Gasteiger partial charge in [0.15, 0.2) is 5.13 Å². The number of halogens is 2. The number of thiazole rings is 1. The second-order valence-corrected chi connectivity index (χ2v) is 6.81. The number of carbonyl (C=O) groups is 2. The molecule has 1 heterocycles. The number of nitrogens with zero attached hydrogens (tertiary/aromatic N) is 1. The Kier molecular flexibility index (Phi) is 11.9. The highest BCUT2D eigenvalue weighted by molar-refractivity contribution is 7.13. The molecule has 0 bridgehead atoms. The molecule has 0 atom stereocenters. The molecule has 2 amide bonds. The average Bonchev–Trinajstić information content (AvgIpc) is 3.00. The zero-order valence-corrected chi connectivity index (χ0v) is 18.0. The van der Waals surface area contributed by atoms with Gasteiger partial charge in [0.25, 0.3) is 0 Å². The van der Waals surface area contributed by atoms with Crippen molar-refractivity contribution in [3.05, 3.63) is 40.9 Å². The highest BCUT2D eigenvalue weighted by atomic mass is 35.5. The second kappa shape index (κ2) is 12.7. The molecule has 0 fully saturated rings. The van der Waals surface area contributed by atoms with Crippen LogP contribution in [0.3, 0.4) is 0 Å². The summed E-state index contributed by atoms with van der Waals surface area (Å²) in [6.07, 6.45) is 0.170. The fourth-order valence-electron chi connectivity index (χ4n) is 2.11. The van der Waals surface area contributed by atoms with Crippen LogP contribution in [-0.4, -0.2) is 23.3 Å². The van der Waals surface area contributed by atoms with E-state index in [-0.39, 0.29) is 49.0 Å². The van der Waals surface area contributed by atoms with Crippen molar-refractivity contribution in [2.45, 2.75) is 33.7 Å². The van der Waals surface area contributed by atoms with Crippen LogP contribution in [0, 0.1) is 5.92 Å². The third-order valence-electron chi connectivity index (χ3n) is 3.50. The molecule has 0 aliphatic carbocycles. The van der Waals surface area contributed by atoms with Gasteiger partial charge in [-0.05, 0) is 18.2 Å². The summed E-state index contributed by atoms with van der Waals surface area (Å²) in [5.74, 6) is -0.317. The van der Waals surface area contributed by atoms with Gasteiger partial charge in [-0.1, -0.05) is 39.0 Å². The van der Waals surface area contributed by atoms with Crippen molar-refractivity contribution in [3.8, 4) is 0 Å². The summed E-state index contributed by atoms with van der Waals surface area (Å²) in [4.78, 5) is 28.3. The molecule has 3 N–H and O–H groups in total. The summed E-state index contributed by atoms with van der Waals surface area (Å²) in [6.45, 7) is 7.25. The van der Waals surface area contributed by atoms with E-state index in [4.69, 9.17) is 0 Å². The summed E-state index contributed by atoms with van der Waals surface area (Å²) in [7, 11) is 0. The van der Waals surface area contributed by atoms with Gasteiger partial charge in [-0.3, -0.25) is 9.59 Å². The number of benzene rings is 1. The lowest BCUT2D eigenvalue weighted by molar-refractivity contribution is -0.119. The van der Waals surface area contributed by atoms with Crippen molar-refractivity contribution >= 4 is 58.8 Å². The van der Waals surface area contributed by atoms with Crippen LogP contribution in [0.5, 0.6) is 0 Å². The van der Waals surface area contributed by atoms with Crippen LogP contribution in [0.1, 0.15) is 32.0 Å². The predicted octanol–water partition coefficient (Wildman–Crippen LogP) is 3.87. The maximum absolute atomic E-state index is 12.3. The Morgan fingerprint density at radius 3 is 2.52 bits per heavy atom. The van der Waals surface area contributed by atoms with E-state index >= 15 is 0 Å². The summed E-state index contributed by atoms with van der Waals surface area (Å²) in [5, 5.41) is 11.3. The standard InChI is InChI=1S/C18H24N4O2S.2ClH/c1-4-19-10-13-7-5-6-8-15(13)21-16(23)9-14-11-25-18(20-14)22-17(24)12(2)3;;/h5-8,11-12,19H,4,9-10H2,1-3H3,(H,21,23)(H,20,22,24);2*1H. The van der Waals surface area contributed by atoms with Crippen LogP contribution in [-0.2, 0) is 22.6 Å². The van der Waals surface area contributed by atoms with Crippen LogP contribution in [0.25, 0.3) is 0 Å². The zero-order chi connectivity index (χ0) is 18.2. The van der Waals surface area contributed by atoms with E-state index in [1.54, 1.807) is 5.38 Å². The Morgan fingerprint density at radius 1 is 1.15 bits per heavy atom. The van der Waals surface area contributed by atoms with Crippen molar-refractivity contribution in [2.75, 3.05) is 17.2 Å². The molecule has 9 heteroatoms. The topological polar surface area (TPSA) is 83.1 Å². The summed E-state index contributed by atoms with van der Waals surface area (Å²) >= 11 is 1.32. The molecule has 27 heavy (non-hydrogen) atoms. The normalized spacial score (nSPS) is 9.93. The quantitative estimate of drug-likeness (QED) is 0.590. The molecule has 0 spiro atoms. The molecule has 6 nitrogen and oxygen atoms in total. The Morgan fingerprint density at radius 2 is 1.85 bits per heavy atom. The number of nitrogens with one attached hydrogen (secondary N) is 3. The van der Waals surface area contributed by atoms with Crippen LogP contribution in [0.4, 0.5) is 10.8 Å². The molecule has 1 aromatic carbocycles. The summed E-state index contributed by atoms with van der Waals surface area (Å²) < 4.78 is 0. The summed E-state index contributed by atoms with van der Waals surface area (Å²) in [6, 6.07) is 7.72. The van der Waals surface area contributed by atoms with Gasteiger partial charge in [-0.2, -0.15) is 0 Å². The van der Waals surface area contributed by atoms with Crippen LogP contribution in [0.15, 0.2) is 29.6 Å². The molecular weight excluding hydrogens is 407 g/mol. The van der Waals surface area contributed by atoms with Gasteiger partial charge in [0.05, 0.1) is 12.1 Å². The minimum Gasteiger partial charge on any atom is -0.325 e. The maximum atomic E-state index is 12.3. The van der Waals surface area contributed by atoms with Crippen LogP contribution in [0.2, 0.25) is 0 Å². The Bertz CT molecular complexity index is 738. The molecule has 2 aromatic rings. The van der Waals surface area contributed by atoms with Gasteiger partial charge in [-0.15, -0.1) is 36.2 Å². The lowest BCUT2D eigenvalue weighted by Crippen LogP contribution is -2.19. The highest BCUT2D eigenvalue weighted by Crippen LogP contribution is 2.18. The van der Waals surface area contributed by atoms with E-state index in [0.717, 1.165) is 17.8 Å². The number of hydrogen-bond donors (Lipinski definition) is 3. The van der Waals surface area contributed by atoms with Crippen LogP contribution < -0.4 is 16.0 Å². The monoisotopic (exact) mass is 432 g/mol. The SMILES string of the molecule is CCNCc1ccccc1NC(=O)Cc1csc(NC(=O)C(C)C)n1.Cl.Cl. The molecular formula is C18H26Cl2N4O2S. The second-order valence-electron chi connectivity index (χ2n) is 5.95. The number of aromatic nitrogens is 1. The number of rotatable bonds is 8. The van der Waals surface area contributed by atoms with E-state index in [2.05, 4.69) is 20.9 Å². The van der Waals surface area contributed by atoms with Crippen LogP contribution >= 0.6 is 36.2 Å².